The lowest BCUT2D eigenvalue weighted by Gasteiger charge is -2.11. The van der Waals surface area contributed by atoms with E-state index in [0.717, 1.165) is 28.2 Å². The third kappa shape index (κ3) is 2.34. The van der Waals surface area contributed by atoms with Crippen LogP contribution in [0.2, 0.25) is 0 Å². The lowest BCUT2D eigenvalue weighted by atomic mass is 10.0. The summed E-state index contributed by atoms with van der Waals surface area (Å²) in [4.78, 5) is 0. The largest absolute Gasteiger partial charge is 0.466 e. The van der Waals surface area contributed by atoms with Gasteiger partial charge in [0, 0.05) is 5.56 Å². The minimum absolute atomic E-state index is 0.292. The first-order chi connectivity index (χ1) is 8.41. The zero-order chi connectivity index (χ0) is 13.4. The van der Waals surface area contributed by atoms with Gasteiger partial charge >= 0.3 is 0 Å². The maximum atomic E-state index is 13.2. The van der Waals surface area contributed by atoms with Crippen LogP contribution in [0, 0.1) is 26.6 Å². The van der Waals surface area contributed by atoms with Gasteiger partial charge in [0.1, 0.15) is 17.3 Å². The third-order valence-corrected chi connectivity index (χ3v) is 4.19. The van der Waals surface area contributed by atoms with Gasteiger partial charge in [-0.3, -0.25) is 0 Å². The number of rotatable bonds is 2. The molecule has 0 saturated carbocycles. The highest BCUT2D eigenvalue weighted by Gasteiger charge is 2.21. The van der Waals surface area contributed by atoms with Crippen LogP contribution in [-0.4, -0.2) is 0 Å². The fraction of sp³-hybridized carbons (Fsp3) is 0.286. The smallest absolute Gasteiger partial charge is 0.137 e. The van der Waals surface area contributed by atoms with Gasteiger partial charge in [0.05, 0.1) is 9.85 Å². The highest BCUT2D eigenvalue weighted by Crippen LogP contribution is 2.37. The molecule has 0 spiro atoms. The lowest BCUT2D eigenvalue weighted by Crippen LogP contribution is -1.97. The van der Waals surface area contributed by atoms with Gasteiger partial charge in [0.15, 0.2) is 0 Å². The van der Waals surface area contributed by atoms with Crippen molar-refractivity contribution in [2.24, 2.45) is 0 Å². The Labute approximate surface area is 119 Å². The number of furan rings is 1. The molecule has 2 aromatic rings. The van der Waals surface area contributed by atoms with E-state index in [0.29, 0.717) is 4.47 Å². The monoisotopic (exact) mass is 330 g/mol. The molecular weight excluding hydrogens is 319 g/mol. The first-order valence-corrected chi connectivity index (χ1v) is 6.80. The van der Waals surface area contributed by atoms with E-state index in [-0.39, 0.29) is 11.2 Å². The van der Waals surface area contributed by atoms with E-state index in [1.54, 1.807) is 12.1 Å². The van der Waals surface area contributed by atoms with Crippen LogP contribution in [-0.2, 0) is 0 Å². The summed E-state index contributed by atoms with van der Waals surface area (Å²) in [5.74, 6) is 1.39. The Morgan fingerprint density at radius 1 is 1.22 bits per heavy atom. The van der Waals surface area contributed by atoms with Crippen molar-refractivity contribution in [1.29, 1.82) is 0 Å². The van der Waals surface area contributed by atoms with E-state index in [1.807, 2.05) is 20.8 Å². The van der Waals surface area contributed by atoms with Crippen molar-refractivity contribution < 1.29 is 8.81 Å². The van der Waals surface area contributed by atoms with E-state index >= 15 is 0 Å². The van der Waals surface area contributed by atoms with Gasteiger partial charge in [-0.15, -0.1) is 11.6 Å². The lowest BCUT2D eigenvalue weighted by molar-refractivity contribution is 0.500. The summed E-state index contributed by atoms with van der Waals surface area (Å²) in [6.45, 7) is 5.79. The van der Waals surface area contributed by atoms with Crippen molar-refractivity contribution in [2.45, 2.75) is 26.1 Å². The summed E-state index contributed by atoms with van der Waals surface area (Å²) in [5.41, 5.74) is 2.86. The first-order valence-electron chi connectivity index (χ1n) is 5.57. The molecule has 1 aromatic heterocycles. The quantitative estimate of drug-likeness (QED) is 0.668. The number of hydrogen-bond acceptors (Lipinski definition) is 1. The van der Waals surface area contributed by atoms with Crippen molar-refractivity contribution in [3.8, 4) is 0 Å². The molecule has 0 saturated heterocycles. The molecule has 4 heteroatoms. The maximum absolute atomic E-state index is 13.2. The van der Waals surface area contributed by atoms with Crippen molar-refractivity contribution in [3.63, 3.8) is 0 Å². The molecule has 1 unspecified atom stereocenters. The molecular formula is C14H13BrClFO. The van der Waals surface area contributed by atoms with E-state index in [2.05, 4.69) is 15.9 Å². The molecule has 0 aliphatic carbocycles. The summed E-state index contributed by atoms with van der Waals surface area (Å²) in [7, 11) is 0. The highest BCUT2D eigenvalue weighted by atomic mass is 79.9. The van der Waals surface area contributed by atoms with Crippen molar-refractivity contribution >= 4 is 27.5 Å². The topological polar surface area (TPSA) is 13.1 Å². The van der Waals surface area contributed by atoms with Gasteiger partial charge in [-0.1, -0.05) is 6.07 Å². The maximum Gasteiger partial charge on any atom is 0.137 e. The Kier molecular flexibility index (Phi) is 3.83. The molecule has 0 amide bonds. The van der Waals surface area contributed by atoms with Crippen LogP contribution >= 0.6 is 27.5 Å². The van der Waals surface area contributed by atoms with Gasteiger partial charge < -0.3 is 4.42 Å². The second-order valence-electron chi connectivity index (χ2n) is 4.29. The van der Waals surface area contributed by atoms with Gasteiger partial charge in [-0.05, 0) is 60.0 Å². The van der Waals surface area contributed by atoms with Gasteiger partial charge in [-0.2, -0.15) is 0 Å². The van der Waals surface area contributed by atoms with Crippen molar-refractivity contribution in [3.05, 3.63) is 56.7 Å². The molecule has 1 aromatic carbocycles. The minimum Gasteiger partial charge on any atom is -0.466 e. The molecule has 1 heterocycles. The van der Waals surface area contributed by atoms with Crippen LogP contribution in [0.1, 0.15) is 33.6 Å². The summed E-state index contributed by atoms with van der Waals surface area (Å²) in [6, 6.07) is 4.81. The zero-order valence-corrected chi connectivity index (χ0v) is 12.7. The van der Waals surface area contributed by atoms with Gasteiger partial charge in [-0.25, -0.2) is 4.39 Å². The summed E-state index contributed by atoms with van der Waals surface area (Å²) in [5, 5.41) is -0.334. The fourth-order valence-corrected chi connectivity index (χ4v) is 2.87. The first kappa shape index (κ1) is 13.6. The molecule has 2 rings (SSSR count). The average molecular weight is 332 g/mol. The molecule has 0 radical (unpaired) electrons. The van der Waals surface area contributed by atoms with Crippen molar-refractivity contribution in [2.75, 3.05) is 0 Å². The molecule has 1 nitrogen and oxygen atoms in total. The van der Waals surface area contributed by atoms with E-state index in [1.165, 1.54) is 6.07 Å². The standard InChI is InChI=1S/C14H13BrClFO/c1-7-8(2)18-9(3)13(7)14(16)10-4-5-12(17)11(15)6-10/h4-6,14H,1-3H3. The van der Waals surface area contributed by atoms with E-state index < -0.39 is 0 Å². The second-order valence-corrected chi connectivity index (χ2v) is 5.58. The van der Waals surface area contributed by atoms with Crippen LogP contribution in [0.4, 0.5) is 4.39 Å². The van der Waals surface area contributed by atoms with E-state index in [4.69, 9.17) is 16.0 Å². The Hall–Kier alpha value is -0.800. The predicted molar refractivity (Wildman–Crippen MR) is 74.7 cm³/mol. The molecule has 0 bridgehead atoms. The van der Waals surface area contributed by atoms with Crippen LogP contribution in [0.3, 0.4) is 0 Å². The van der Waals surface area contributed by atoms with Crippen LogP contribution in [0.5, 0.6) is 0 Å². The molecule has 0 aliphatic heterocycles. The SMILES string of the molecule is Cc1oc(C)c(C(Cl)c2ccc(F)c(Br)c2)c1C. The number of aryl methyl sites for hydroxylation is 2. The Balaban J connectivity index is 2.47. The van der Waals surface area contributed by atoms with Crippen LogP contribution in [0.15, 0.2) is 27.1 Å². The Morgan fingerprint density at radius 3 is 2.39 bits per heavy atom. The number of benzene rings is 1. The van der Waals surface area contributed by atoms with Crippen LogP contribution < -0.4 is 0 Å². The Morgan fingerprint density at radius 2 is 1.89 bits per heavy atom. The zero-order valence-electron chi connectivity index (χ0n) is 10.4. The second kappa shape index (κ2) is 5.06. The summed E-state index contributed by atoms with van der Waals surface area (Å²) < 4.78 is 19.2. The molecule has 0 N–H and O–H groups in total. The predicted octanol–water partition coefficient (Wildman–Crippen LogP) is 5.43. The summed E-state index contributed by atoms with van der Waals surface area (Å²) in [6.07, 6.45) is 0. The van der Waals surface area contributed by atoms with E-state index in [9.17, 15) is 4.39 Å². The Bertz CT molecular complexity index is 592. The summed E-state index contributed by atoms with van der Waals surface area (Å²) >= 11 is 9.65. The fourth-order valence-electron chi connectivity index (χ4n) is 2.02. The van der Waals surface area contributed by atoms with Gasteiger partial charge in [0.2, 0.25) is 0 Å². The van der Waals surface area contributed by atoms with Crippen molar-refractivity contribution in [1.82, 2.24) is 0 Å². The molecule has 0 fully saturated rings. The highest BCUT2D eigenvalue weighted by molar-refractivity contribution is 9.10. The van der Waals surface area contributed by atoms with Crippen LogP contribution in [0.25, 0.3) is 0 Å². The van der Waals surface area contributed by atoms with Gasteiger partial charge in [0.25, 0.3) is 0 Å². The molecule has 0 aliphatic rings. The molecule has 96 valence electrons. The number of alkyl halides is 1. The molecule has 18 heavy (non-hydrogen) atoms. The normalized spacial score (nSPS) is 12.8. The third-order valence-electron chi connectivity index (χ3n) is 3.11. The number of halogens is 3. The minimum atomic E-state index is -0.334. The number of hydrogen-bond donors (Lipinski definition) is 0. The molecule has 1 atom stereocenters. The average Bonchev–Trinajstić information content (AvgIpc) is 2.56.